The molecule has 2 rings (SSSR count). The Morgan fingerprint density at radius 3 is 3.00 bits per heavy atom. The van der Waals surface area contributed by atoms with Crippen molar-refractivity contribution < 1.29 is 14.6 Å². The summed E-state index contributed by atoms with van der Waals surface area (Å²) in [5, 5.41) is 9.09. The van der Waals surface area contributed by atoms with Crippen LogP contribution in [0.1, 0.15) is 22.0 Å². The van der Waals surface area contributed by atoms with Crippen LogP contribution in [0.3, 0.4) is 0 Å². The van der Waals surface area contributed by atoms with E-state index in [0.717, 1.165) is 0 Å². The average Bonchev–Trinajstić information content (AvgIpc) is 2.48. The van der Waals surface area contributed by atoms with Gasteiger partial charge in [-0.15, -0.1) is 0 Å². The Morgan fingerprint density at radius 1 is 1.64 bits per heavy atom. The van der Waals surface area contributed by atoms with Gasteiger partial charge in [0.05, 0.1) is 16.6 Å². The van der Waals surface area contributed by atoms with Gasteiger partial charge in [-0.05, 0) is 12.1 Å². The molecule has 1 aromatic rings. The molecule has 1 aliphatic rings. The molecule has 1 aliphatic heterocycles. The third-order valence-corrected chi connectivity index (χ3v) is 2.41. The van der Waals surface area contributed by atoms with Crippen LogP contribution in [0.4, 0.5) is 0 Å². The molecular weight excluding hydrogens is 206 g/mol. The maximum atomic E-state index is 10.7. The summed E-state index contributed by atoms with van der Waals surface area (Å²) in [6.07, 6.45) is 0. The summed E-state index contributed by atoms with van der Waals surface area (Å²) in [5.74, 6) is -0.516. The number of rotatable bonds is 1. The predicted molar refractivity (Wildman–Crippen MR) is 50.8 cm³/mol. The quantitative estimate of drug-likeness (QED) is 0.740. The summed E-state index contributed by atoms with van der Waals surface area (Å²) in [6, 6.07) is 2.57. The van der Waals surface area contributed by atoms with Crippen LogP contribution < -0.4 is 10.5 Å². The van der Waals surface area contributed by atoms with E-state index < -0.39 is 5.97 Å². The van der Waals surface area contributed by atoms with E-state index in [4.69, 9.17) is 27.2 Å². The number of nitrogens with two attached hydrogens (primary N) is 1. The molecule has 0 unspecified atom stereocenters. The fourth-order valence-electron chi connectivity index (χ4n) is 1.43. The topological polar surface area (TPSA) is 72.5 Å². The lowest BCUT2D eigenvalue weighted by molar-refractivity contribution is 0.0697. The van der Waals surface area contributed by atoms with Gasteiger partial charge in [0, 0.05) is 5.56 Å². The molecule has 0 saturated carbocycles. The van der Waals surface area contributed by atoms with Gasteiger partial charge < -0.3 is 15.6 Å². The van der Waals surface area contributed by atoms with Crippen molar-refractivity contribution in [2.24, 2.45) is 5.73 Å². The average molecular weight is 214 g/mol. The molecule has 1 atom stereocenters. The molecule has 1 aromatic carbocycles. The third-order valence-electron chi connectivity index (χ3n) is 2.13. The van der Waals surface area contributed by atoms with Crippen molar-refractivity contribution in [1.82, 2.24) is 0 Å². The molecule has 14 heavy (non-hydrogen) atoms. The minimum Gasteiger partial charge on any atom is -0.490 e. The van der Waals surface area contributed by atoms with Crippen LogP contribution in [-0.2, 0) is 0 Å². The summed E-state index contributed by atoms with van der Waals surface area (Å²) in [5.41, 5.74) is 6.50. The minimum atomic E-state index is -1.02. The number of halogens is 1. The van der Waals surface area contributed by atoms with E-state index in [9.17, 15) is 4.79 Å². The lowest BCUT2D eigenvalue weighted by atomic mass is 10.1. The van der Waals surface area contributed by atoms with E-state index >= 15 is 0 Å². The van der Waals surface area contributed by atoms with Crippen molar-refractivity contribution in [3.05, 3.63) is 28.3 Å². The highest BCUT2D eigenvalue weighted by Crippen LogP contribution is 2.38. The smallest absolute Gasteiger partial charge is 0.335 e. The van der Waals surface area contributed by atoms with Crippen LogP contribution in [-0.4, -0.2) is 17.7 Å². The number of carbonyl (C=O) groups is 1. The van der Waals surface area contributed by atoms with Crippen molar-refractivity contribution in [2.75, 3.05) is 6.61 Å². The van der Waals surface area contributed by atoms with Crippen molar-refractivity contribution in [3.8, 4) is 5.75 Å². The van der Waals surface area contributed by atoms with Gasteiger partial charge in [0.2, 0.25) is 0 Å². The highest BCUT2D eigenvalue weighted by Gasteiger charge is 2.25. The highest BCUT2D eigenvalue weighted by atomic mass is 35.5. The number of fused-ring (bicyclic) bond motifs is 1. The van der Waals surface area contributed by atoms with Gasteiger partial charge in [0.15, 0.2) is 0 Å². The Morgan fingerprint density at radius 2 is 2.36 bits per heavy atom. The first kappa shape index (κ1) is 9.30. The van der Waals surface area contributed by atoms with E-state index in [-0.39, 0.29) is 11.6 Å². The molecule has 74 valence electrons. The second-order valence-electron chi connectivity index (χ2n) is 3.10. The zero-order chi connectivity index (χ0) is 10.3. The van der Waals surface area contributed by atoms with Crippen molar-refractivity contribution in [1.29, 1.82) is 0 Å². The SMILES string of the molecule is N[C@H]1COc2c(Cl)cc(C(=O)O)cc21. The van der Waals surface area contributed by atoms with Crippen LogP contribution >= 0.6 is 11.6 Å². The number of hydrogen-bond donors (Lipinski definition) is 2. The van der Waals surface area contributed by atoms with Gasteiger partial charge in [-0.2, -0.15) is 0 Å². The van der Waals surface area contributed by atoms with Crippen LogP contribution in [0.25, 0.3) is 0 Å². The number of aromatic carboxylic acids is 1. The molecule has 0 aromatic heterocycles. The maximum Gasteiger partial charge on any atom is 0.335 e. The second kappa shape index (κ2) is 3.15. The Kier molecular flexibility index (Phi) is 2.09. The Balaban J connectivity index is 2.58. The Hall–Kier alpha value is -1.26. The largest absolute Gasteiger partial charge is 0.490 e. The van der Waals surface area contributed by atoms with Gasteiger partial charge >= 0.3 is 5.97 Å². The molecule has 5 heteroatoms. The van der Waals surface area contributed by atoms with Gasteiger partial charge in [0.25, 0.3) is 0 Å². The zero-order valence-corrected chi connectivity index (χ0v) is 7.91. The highest BCUT2D eigenvalue weighted by molar-refractivity contribution is 6.32. The molecule has 4 nitrogen and oxygen atoms in total. The maximum absolute atomic E-state index is 10.7. The fourth-order valence-corrected chi connectivity index (χ4v) is 1.71. The van der Waals surface area contributed by atoms with E-state index in [1.807, 2.05) is 0 Å². The number of carboxylic acids is 1. The number of carboxylic acid groups (broad SMARTS) is 1. The molecule has 0 bridgehead atoms. The molecular formula is C9H8ClNO3. The molecule has 3 N–H and O–H groups in total. The molecule has 0 fully saturated rings. The molecule has 0 amide bonds. The molecule has 0 aliphatic carbocycles. The summed E-state index contributed by atoms with van der Waals surface area (Å²) < 4.78 is 5.23. The monoisotopic (exact) mass is 213 g/mol. The lowest BCUT2D eigenvalue weighted by Crippen LogP contribution is -2.11. The van der Waals surface area contributed by atoms with Crippen molar-refractivity contribution >= 4 is 17.6 Å². The molecule has 0 saturated heterocycles. The first-order valence-electron chi connectivity index (χ1n) is 4.04. The Bertz CT molecular complexity index is 405. The zero-order valence-electron chi connectivity index (χ0n) is 7.16. The van der Waals surface area contributed by atoms with E-state index in [2.05, 4.69) is 0 Å². The summed E-state index contributed by atoms with van der Waals surface area (Å²) in [4.78, 5) is 10.7. The van der Waals surface area contributed by atoms with E-state index in [1.54, 1.807) is 0 Å². The summed E-state index contributed by atoms with van der Waals surface area (Å²) in [7, 11) is 0. The summed E-state index contributed by atoms with van der Waals surface area (Å²) >= 11 is 5.84. The van der Waals surface area contributed by atoms with Crippen LogP contribution in [0, 0.1) is 0 Å². The van der Waals surface area contributed by atoms with Crippen molar-refractivity contribution in [2.45, 2.75) is 6.04 Å². The van der Waals surface area contributed by atoms with Gasteiger partial charge in [-0.3, -0.25) is 0 Å². The number of ether oxygens (including phenoxy) is 1. The summed E-state index contributed by atoms with van der Waals surface area (Å²) in [6.45, 7) is 0.345. The van der Waals surface area contributed by atoms with Crippen molar-refractivity contribution in [3.63, 3.8) is 0 Å². The molecule has 0 radical (unpaired) electrons. The van der Waals surface area contributed by atoms with E-state index in [1.165, 1.54) is 12.1 Å². The number of benzene rings is 1. The fraction of sp³-hybridized carbons (Fsp3) is 0.222. The Labute approximate surface area is 85.2 Å². The van der Waals surface area contributed by atoms with Gasteiger partial charge in [-0.25, -0.2) is 4.79 Å². The van der Waals surface area contributed by atoms with Gasteiger partial charge in [-0.1, -0.05) is 11.6 Å². The molecule has 1 heterocycles. The standard InChI is InChI=1S/C9H8ClNO3/c10-6-2-4(9(12)13)1-5-7(11)3-14-8(5)6/h1-2,7H,3,11H2,(H,12,13)/t7-/m0/s1. The van der Waals surface area contributed by atoms with Crippen LogP contribution in [0.15, 0.2) is 12.1 Å². The minimum absolute atomic E-state index is 0.134. The first-order valence-corrected chi connectivity index (χ1v) is 4.42. The number of hydrogen-bond acceptors (Lipinski definition) is 3. The third kappa shape index (κ3) is 1.32. The first-order chi connectivity index (χ1) is 6.59. The van der Waals surface area contributed by atoms with E-state index in [0.29, 0.717) is 22.9 Å². The molecule has 0 spiro atoms. The van der Waals surface area contributed by atoms with Crippen LogP contribution in [0.2, 0.25) is 5.02 Å². The lowest BCUT2D eigenvalue weighted by Gasteiger charge is -2.04. The van der Waals surface area contributed by atoms with Crippen LogP contribution in [0.5, 0.6) is 5.75 Å². The predicted octanol–water partition coefficient (Wildman–Crippen LogP) is 1.43. The normalized spacial score (nSPS) is 18.9. The second-order valence-corrected chi connectivity index (χ2v) is 3.51. The van der Waals surface area contributed by atoms with Gasteiger partial charge in [0.1, 0.15) is 12.4 Å².